The van der Waals surface area contributed by atoms with E-state index in [1.807, 2.05) is 51.9 Å². The first-order valence-electron chi connectivity index (χ1n) is 10.2. The number of carbonyl (C=O) groups excluding carboxylic acids is 1. The first-order chi connectivity index (χ1) is 14.6. The molecule has 1 amide bonds. The lowest BCUT2D eigenvalue weighted by atomic mass is 10.1. The van der Waals surface area contributed by atoms with Gasteiger partial charge in [0.2, 0.25) is 5.91 Å². The standard InChI is InChI=1S/C23H29N3O3S2/c1-16-7-10-19(11-8-16)31(28,29)15-21(27)26(14-6-13-25(4)5)23-24-22-18(3)17(2)9-12-20(22)30-23/h7-12H,6,13-15H2,1-5H3. The monoisotopic (exact) mass is 459 g/mol. The summed E-state index contributed by atoms with van der Waals surface area (Å²) in [7, 11) is 0.200. The summed E-state index contributed by atoms with van der Waals surface area (Å²) in [6.45, 7) is 7.14. The molecule has 0 aliphatic heterocycles. The molecule has 3 rings (SSSR count). The van der Waals surface area contributed by atoms with Crippen LogP contribution >= 0.6 is 11.3 Å². The molecule has 0 spiro atoms. The molecule has 31 heavy (non-hydrogen) atoms. The third kappa shape index (κ3) is 5.50. The van der Waals surface area contributed by atoms with Gasteiger partial charge in [-0.1, -0.05) is 35.1 Å². The zero-order valence-electron chi connectivity index (χ0n) is 18.7. The summed E-state index contributed by atoms with van der Waals surface area (Å²) >= 11 is 1.42. The minimum Gasteiger partial charge on any atom is -0.309 e. The molecule has 0 atom stereocenters. The van der Waals surface area contributed by atoms with Gasteiger partial charge in [0.15, 0.2) is 15.0 Å². The number of fused-ring (bicyclic) bond motifs is 1. The number of anilines is 1. The van der Waals surface area contributed by atoms with Crippen molar-refractivity contribution in [2.24, 2.45) is 0 Å². The molecule has 0 aliphatic rings. The Bertz CT molecular complexity index is 1180. The topological polar surface area (TPSA) is 70.6 Å². The summed E-state index contributed by atoms with van der Waals surface area (Å²) in [4.78, 5) is 21.7. The van der Waals surface area contributed by atoms with Crippen molar-refractivity contribution in [3.63, 3.8) is 0 Å². The zero-order chi connectivity index (χ0) is 22.8. The smallest absolute Gasteiger partial charge is 0.244 e. The molecule has 3 aromatic rings. The van der Waals surface area contributed by atoms with Crippen LogP contribution in [0.1, 0.15) is 23.1 Å². The van der Waals surface area contributed by atoms with Gasteiger partial charge in [-0.05, 0) is 77.2 Å². The van der Waals surface area contributed by atoms with Crippen molar-refractivity contribution in [1.82, 2.24) is 9.88 Å². The third-order valence-electron chi connectivity index (χ3n) is 5.29. The van der Waals surface area contributed by atoms with Crippen LogP contribution in [0.3, 0.4) is 0 Å². The lowest BCUT2D eigenvalue weighted by Crippen LogP contribution is -2.37. The van der Waals surface area contributed by atoms with E-state index in [4.69, 9.17) is 4.98 Å². The lowest BCUT2D eigenvalue weighted by molar-refractivity contribution is -0.116. The Balaban J connectivity index is 1.92. The quantitative estimate of drug-likeness (QED) is 0.510. The number of thiazole rings is 1. The highest BCUT2D eigenvalue weighted by Crippen LogP contribution is 2.32. The maximum Gasteiger partial charge on any atom is 0.244 e. The lowest BCUT2D eigenvalue weighted by Gasteiger charge is -2.21. The number of aryl methyl sites for hydroxylation is 3. The van der Waals surface area contributed by atoms with Gasteiger partial charge in [-0.2, -0.15) is 0 Å². The fourth-order valence-corrected chi connectivity index (χ4v) is 5.54. The van der Waals surface area contributed by atoms with E-state index in [1.54, 1.807) is 24.3 Å². The summed E-state index contributed by atoms with van der Waals surface area (Å²) < 4.78 is 26.7. The average molecular weight is 460 g/mol. The van der Waals surface area contributed by atoms with Gasteiger partial charge in [-0.3, -0.25) is 9.69 Å². The van der Waals surface area contributed by atoms with Gasteiger partial charge in [-0.25, -0.2) is 13.4 Å². The van der Waals surface area contributed by atoms with Crippen molar-refractivity contribution >= 4 is 42.4 Å². The fourth-order valence-electron chi connectivity index (χ4n) is 3.27. The molecule has 166 valence electrons. The van der Waals surface area contributed by atoms with Crippen molar-refractivity contribution in [2.75, 3.05) is 37.8 Å². The second-order valence-electron chi connectivity index (χ2n) is 8.12. The van der Waals surface area contributed by atoms with Crippen molar-refractivity contribution in [1.29, 1.82) is 0 Å². The molecule has 1 heterocycles. The van der Waals surface area contributed by atoms with Crippen LogP contribution in [0.25, 0.3) is 10.2 Å². The number of hydrogen-bond donors (Lipinski definition) is 0. The summed E-state index contributed by atoms with van der Waals surface area (Å²) in [5.74, 6) is -1.03. The number of rotatable bonds is 8. The largest absolute Gasteiger partial charge is 0.309 e. The van der Waals surface area contributed by atoms with Gasteiger partial charge in [0.1, 0.15) is 5.75 Å². The van der Waals surface area contributed by atoms with E-state index < -0.39 is 21.5 Å². The van der Waals surface area contributed by atoms with Crippen LogP contribution < -0.4 is 4.90 Å². The Morgan fingerprint density at radius 1 is 1.00 bits per heavy atom. The highest BCUT2D eigenvalue weighted by molar-refractivity contribution is 7.92. The Hall–Kier alpha value is -2.29. The maximum absolute atomic E-state index is 13.2. The van der Waals surface area contributed by atoms with Gasteiger partial charge in [0.25, 0.3) is 0 Å². The molecular formula is C23H29N3O3S2. The van der Waals surface area contributed by atoms with Gasteiger partial charge in [-0.15, -0.1) is 0 Å². The molecule has 0 fully saturated rings. The highest BCUT2D eigenvalue weighted by atomic mass is 32.2. The molecule has 6 nitrogen and oxygen atoms in total. The molecule has 0 radical (unpaired) electrons. The second-order valence-corrected chi connectivity index (χ2v) is 11.1. The molecule has 1 aromatic heterocycles. The van der Waals surface area contributed by atoms with Crippen molar-refractivity contribution < 1.29 is 13.2 Å². The molecule has 0 saturated carbocycles. The number of sulfone groups is 1. The van der Waals surface area contributed by atoms with E-state index in [0.29, 0.717) is 11.7 Å². The molecule has 0 bridgehead atoms. The Labute approximate surface area is 188 Å². The second kappa shape index (κ2) is 9.46. The van der Waals surface area contributed by atoms with Gasteiger partial charge in [0.05, 0.1) is 15.1 Å². The van der Waals surface area contributed by atoms with E-state index in [1.165, 1.54) is 16.2 Å². The van der Waals surface area contributed by atoms with Gasteiger partial charge < -0.3 is 4.90 Å². The zero-order valence-corrected chi connectivity index (χ0v) is 20.3. The average Bonchev–Trinajstić information content (AvgIpc) is 3.12. The van der Waals surface area contributed by atoms with E-state index in [0.717, 1.165) is 39.9 Å². The minimum atomic E-state index is -3.74. The fraction of sp³-hybridized carbons (Fsp3) is 0.391. The van der Waals surface area contributed by atoms with Crippen molar-refractivity contribution in [2.45, 2.75) is 32.1 Å². The predicted molar refractivity (Wildman–Crippen MR) is 128 cm³/mol. The van der Waals surface area contributed by atoms with Crippen LogP contribution in [0.2, 0.25) is 0 Å². The number of benzene rings is 2. The van der Waals surface area contributed by atoms with Crippen LogP contribution in [0, 0.1) is 20.8 Å². The van der Waals surface area contributed by atoms with Gasteiger partial charge >= 0.3 is 0 Å². The first kappa shape index (κ1) is 23.4. The van der Waals surface area contributed by atoms with Crippen LogP contribution in [0.15, 0.2) is 41.3 Å². The summed E-state index contributed by atoms with van der Waals surface area (Å²) in [6.07, 6.45) is 0.719. The molecular weight excluding hydrogens is 430 g/mol. The summed E-state index contributed by atoms with van der Waals surface area (Å²) in [5.41, 5.74) is 4.05. The highest BCUT2D eigenvalue weighted by Gasteiger charge is 2.26. The first-order valence-corrected chi connectivity index (χ1v) is 12.7. The number of amides is 1. The van der Waals surface area contributed by atoms with Gasteiger partial charge in [0, 0.05) is 6.54 Å². The molecule has 0 unspecified atom stereocenters. The van der Waals surface area contributed by atoms with Crippen LogP contribution in [0.4, 0.5) is 5.13 Å². The normalized spacial score (nSPS) is 11.9. The summed E-state index contributed by atoms with van der Waals surface area (Å²) in [5, 5.41) is 0.548. The van der Waals surface area contributed by atoms with Crippen LogP contribution in [-0.2, 0) is 14.6 Å². The number of nitrogens with zero attached hydrogens (tertiary/aromatic N) is 3. The third-order valence-corrected chi connectivity index (χ3v) is 7.95. The molecule has 0 saturated heterocycles. The molecule has 0 aliphatic carbocycles. The molecule has 8 heteroatoms. The van der Waals surface area contributed by atoms with Crippen LogP contribution in [-0.4, -0.2) is 57.1 Å². The van der Waals surface area contributed by atoms with E-state index in [-0.39, 0.29) is 4.90 Å². The van der Waals surface area contributed by atoms with E-state index >= 15 is 0 Å². The maximum atomic E-state index is 13.2. The Morgan fingerprint density at radius 3 is 2.32 bits per heavy atom. The molecule has 0 N–H and O–H groups in total. The predicted octanol–water partition coefficient (Wildman–Crippen LogP) is 3.98. The van der Waals surface area contributed by atoms with E-state index in [2.05, 4.69) is 0 Å². The Kier molecular flexibility index (Phi) is 7.13. The van der Waals surface area contributed by atoms with Crippen molar-refractivity contribution in [3.05, 3.63) is 53.1 Å². The van der Waals surface area contributed by atoms with Crippen molar-refractivity contribution in [3.8, 4) is 0 Å². The minimum absolute atomic E-state index is 0.162. The summed E-state index contributed by atoms with van der Waals surface area (Å²) in [6, 6.07) is 10.6. The Morgan fingerprint density at radius 2 is 1.68 bits per heavy atom. The SMILES string of the molecule is Cc1ccc(S(=O)(=O)CC(=O)N(CCCN(C)C)c2nc3c(C)c(C)ccc3s2)cc1. The number of hydrogen-bond acceptors (Lipinski definition) is 6. The molecule has 2 aromatic carbocycles. The van der Waals surface area contributed by atoms with E-state index in [9.17, 15) is 13.2 Å². The number of carbonyl (C=O) groups is 1. The number of aromatic nitrogens is 1. The van der Waals surface area contributed by atoms with Crippen LogP contribution in [0.5, 0.6) is 0 Å².